The number of hydrogen-bond acceptors (Lipinski definition) is 1. The Bertz CT molecular complexity index is 377. The van der Waals surface area contributed by atoms with Gasteiger partial charge in [-0.05, 0) is 48.8 Å². The smallest absolute Gasteiger partial charge is 0.123 e. The second-order valence-electron chi connectivity index (χ2n) is 5.70. The zero-order chi connectivity index (χ0) is 13.0. The van der Waals surface area contributed by atoms with Crippen LogP contribution in [0, 0.1) is 17.7 Å². The van der Waals surface area contributed by atoms with Gasteiger partial charge in [-0.3, -0.25) is 0 Å². The lowest BCUT2D eigenvalue weighted by Gasteiger charge is -2.32. The van der Waals surface area contributed by atoms with Crippen LogP contribution in [0.3, 0.4) is 0 Å². The Kier molecular flexibility index (Phi) is 4.76. The Labute approximate surface area is 110 Å². The third-order valence-electron chi connectivity index (χ3n) is 4.37. The summed E-state index contributed by atoms with van der Waals surface area (Å²) in [5.41, 5.74) is 7.35. The third kappa shape index (κ3) is 3.55. The molecule has 1 nitrogen and oxygen atoms in total. The molecular formula is C16H24FN. The largest absolute Gasteiger partial charge is 0.327 e. The van der Waals surface area contributed by atoms with Crippen LogP contribution in [-0.4, -0.2) is 6.04 Å². The van der Waals surface area contributed by atoms with E-state index in [0.717, 1.165) is 17.9 Å². The molecule has 3 unspecified atom stereocenters. The Hall–Kier alpha value is -0.890. The van der Waals surface area contributed by atoms with E-state index in [2.05, 4.69) is 6.92 Å². The quantitative estimate of drug-likeness (QED) is 0.860. The summed E-state index contributed by atoms with van der Waals surface area (Å²) in [6.45, 7) is 2.27. The molecule has 0 aliphatic heterocycles. The highest BCUT2D eigenvalue weighted by atomic mass is 19.1. The number of rotatable bonds is 4. The molecule has 0 amide bonds. The molecule has 1 aliphatic rings. The van der Waals surface area contributed by atoms with Gasteiger partial charge in [-0.15, -0.1) is 0 Å². The molecule has 0 saturated heterocycles. The number of nitrogens with two attached hydrogens (primary N) is 1. The Morgan fingerprint density at radius 3 is 2.94 bits per heavy atom. The monoisotopic (exact) mass is 249 g/mol. The Balaban J connectivity index is 1.93. The topological polar surface area (TPSA) is 26.0 Å². The van der Waals surface area contributed by atoms with Crippen molar-refractivity contribution in [1.82, 2.24) is 0 Å². The summed E-state index contributed by atoms with van der Waals surface area (Å²) in [6, 6.07) is 7.03. The second-order valence-corrected chi connectivity index (χ2v) is 5.70. The highest BCUT2D eigenvalue weighted by molar-refractivity contribution is 5.17. The summed E-state index contributed by atoms with van der Waals surface area (Å²) in [6.07, 6.45) is 7.24. The van der Waals surface area contributed by atoms with Gasteiger partial charge in [0, 0.05) is 6.04 Å². The third-order valence-corrected chi connectivity index (χ3v) is 4.37. The van der Waals surface area contributed by atoms with Crippen molar-refractivity contribution in [2.45, 2.75) is 51.5 Å². The lowest BCUT2D eigenvalue weighted by molar-refractivity contribution is 0.228. The molecule has 1 fully saturated rings. The van der Waals surface area contributed by atoms with Crippen molar-refractivity contribution >= 4 is 0 Å². The maximum Gasteiger partial charge on any atom is 0.123 e. The van der Waals surface area contributed by atoms with Crippen molar-refractivity contribution in [2.75, 3.05) is 0 Å². The summed E-state index contributed by atoms with van der Waals surface area (Å²) in [4.78, 5) is 0. The molecule has 100 valence electrons. The molecule has 2 heteroatoms. The summed E-state index contributed by atoms with van der Waals surface area (Å²) >= 11 is 0. The molecule has 0 heterocycles. The van der Waals surface area contributed by atoms with Crippen molar-refractivity contribution in [2.24, 2.45) is 17.6 Å². The van der Waals surface area contributed by atoms with Crippen molar-refractivity contribution in [3.63, 3.8) is 0 Å². The fraction of sp³-hybridized carbons (Fsp3) is 0.625. The van der Waals surface area contributed by atoms with Gasteiger partial charge in [-0.2, -0.15) is 0 Å². The standard InChI is InChI=1S/C16H24FN/c1-2-12-5-3-7-14(9-12)16(18)11-13-6-4-8-15(17)10-13/h4,6,8,10,12,14,16H,2-3,5,7,9,11,18H2,1H3. The van der Waals surface area contributed by atoms with E-state index in [1.54, 1.807) is 12.1 Å². The fourth-order valence-electron chi connectivity index (χ4n) is 3.19. The summed E-state index contributed by atoms with van der Waals surface area (Å²) in [5, 5.41) is 0. The molecule has 1 aliphatic carbocycles. The summed E-state index contributed by atoms with van der Waals surface area (Å²) in [7, 11) is 0. The highest BCUT2D eigenvalue weighted by Gasteiger charge is 2.25. The van der Waals surface area contributed by atoms with Crippen LogP contribution in [0.4, 0.5) is 4.39 Å². The maximum atomic E-state index is 13.1. The van der Waals surface area contributed by atoms with Gasteiger partial charge in [-0.1, -0.05) is 38.3 Å². The normalized spacial score (nSPS) is 25.9. The van der Waals surface area contributed by atoms with Crippen molar-refractivity contribution in [1.29, 1.82) is 0 Å². The van der Waals surface area contributed by atoms with E-state index in [-0.39, 0.29) is 11.9 Å². The number of halogens is 1. The minimum Gasteiger partial charge on any atom is -0.327 e. The minimum absolute atomic E-state index is 0.158. The zero-order valence-corrected chi connectivity index (χ0v) is 11.2. The SMILES string of the molecule is CCC1CCCC(C(N)Cc2cccc(F)c2)C1. The van der Waals surface area contributed by atoms with Gasteiger partial charge in [0.25, 0.3) is 0 Å². The summed E-state index contributed by atoms with van der Waals surface area (Å²) in [5.74, 6) is 1.31. The van der Waals surface area contributed by atoms with Crippen LogP contribution in [0.5, 0.6) is 0 Å². The van der Waals surface area contributed by atoms with Gasteiger partial charge >= 0.3 is 0 Å². The second kappa shape index (κ2) is 6.33. The van der Waals surface area contributed by atoms with Crippen LogP contribution < -0.4 is 5.73 Å². The molecule has 1 aromatic rings. The molecule has 0 spiro atoms. The van der Waals surface area contributed by atoms with Crippen molar-refractivity contribution in [3.05, 3.63) is 35.6 Å². The van der Waals surface area contributed by atoms with Crippen LogP contribution in [0.25, 0.3) is 0 Å². The van der Waals surface area contributed by atoms with Crippen molar-refractivity contribution in [3.8, 4) is 0 Å². The molecule has 1 aromatic carbocycles. The minimum atomic E-state index is -0.158. The average Bonchev–Trinajstić information content (AvgIpc) is 2.39. The molecule has 1 saturated carbocycles. The number of hydrogen-bond donors (Lipinski definition) is 1. The van der Waals surface area contributed by atoms with Crippen LogP contribution >= 0.6 is 0 Å². The highest BCUT2D eigenvalue weighted by Crippen LogP contribution is 2.33. The fourth-order valence-corrected chi connectivity index (χ4v) is 3.19. The van der Waals surface area contributed by atoms with Gasteiger partial charge in [0.15, 0.2) is 0 Å². The number of benzene rings is 1. The van der Waals surface area contributed by atoms with Gasteiger partial charge in [0.05, 0.1) is 0 Å². The molecule has 0 aromatic heterocycles. The molecule has 2 rings (SSSR count). The van der Waals surface area contributed by atoms with Crippen molar-refractivity contribution < 1.29 is 4.39 Å². The van der Waals surface area contributed by atoms with E-state index in [9.17, 15) is 4.39 Å². The van der Waals surface area contributed by atoms with Crippen LogP contribution in [0.2, 0.25) is 0 Å². The molecule has 3 atom stereocenters. The zero-order valence-electron chi connectivity index (χ0n) is 11.2. The first kappa shape index (κ1) is 13.5. The molecular weight excluding hydrogens is 225 g/mol. The van der Waals surface area contributed by atoms with Crippen LogP contribution in [-0.2, 0) is 6.42 Å². The van der Waals surface area contributed by atoms with E-state index in [1.165, 1.54) is 38.2 Å². The van der Waals surface area contributed by atoms with E-state index < -0.39 is 0 Å². The molecule has 0 radical (unpaired) electrons. The first-order chi connectivity index (χ1) is 8.69. The Morgan fingerprint density at radius 2 is 2.22 bits per heavy atom. The van der Waals surface area contributed by atoms with Crippen LogP contribution in [0.1, 0.15) is 44.6 Å². The molecule has 0 bridgehead atoms. The van der Waals surface area contributed by atoms with E-state index in [0.29, 0.717) is 5.92 Å². The van der Waals surface area contributed by atoms with Gasteiger partial charge in [-0.25, -0.2) is 4.39 Å². The lowest BCUT2D eigenvalue weighted by Crippen LogP contribution is -2.35. The maximum absolute atomic E-state index is 13.1. The molecule has 2 N–H and O–H groups in total. The van der Waals surface area contributed by atoms with E-state index in [1.807, 2.05) is 6.07 Å². The van der Waals surface area contributed by atoms with E-state index in [4.69, 9.17) is 5.73 Å². The first-order valence-corrected chi connectivity index (χ1v) is 7.19. The van der Waals surface area contributed by atoms with E-state index >= 15 is 0 Å². The average molecular weight is 249 g/mol. The summed E-state index contributed by atoms with van der Waals surface area (Å²) < 4.78 is 13.1. The predicted molar refractivity (Wildman–Crippen MR) is 73.8 cm³/mol. The molecule has 18 heavy (non-hydrogen) atoms. The van der Waals surface area contributed by atoms with Gasteiger partial charge in [0.2, 0.25) is 0 Å². The Morgan fingerprint density at radius 1 is 1.39 bits per heavy atom. The van der Waals surface area contributed by atoms with Gasteiger partial charge < -0.3 is 5.73 Å². The van der Waals surface area contributed by atoms with Gasteiger partial charge in [0.1, 0.15) is 5.82 Å². The van der Waals surface area contributed by atoms with Crippen LogP contribution in [0.15, 0.2) is 24.3 Å². The lowest BCUT2D eigenvalue weighted by atomic mass is 9.76. The predicted octanol–water partition coefficient (Wildman–Crippen LogP) is 3.91. The first-order valence-electron chi connectivity index (χ1n) is 7.19.